The van der Waals surface area contributed by atoms with E-state index in [1.807, 2.05) is 63.2 Å². The van der Waals surface area contributed by atoms with Crippen LogP contribution in [0.4, 0.5) is 10.5 Å². The molecule has 8 heteroatoms. The smallest absolute Gasteiger partial charge is 0.319 e. The second kappa shape index (κ2) is 9.70. The fraction of sp³-hybridized carbons (Fsp3) is 0.286. The standard InChI is InChI=1S/C28H28N6O2/c1-17(2)31-28(35)33-20-9-7-19(8-10-20)27-24(16-29)23-12-11-22(36-26-13-14-30-18(3)32-26)15-25(23)34(27)21-5-4-6-21/h7-15,17,21H,4-6H2,1-3H3,(H2,31,33,35). The maximum atomic E-state index is 12.1. The van der Waals surface area contributed by atoms with Gasteiger partial charge in [0.05, 0.1) is 16.8 Å². The molecule has 2 amide bonds. The Kier molecular flexibility index (Phi) is 6.30. The number of hydrogen-bond acceptors (Lipinski definition) is 5. The summed E-state index contributed by atoms with van der Waals surface area (Å²) in [6, 6.07) is 17.7. The number of nitrogens with zero attached hydrogens (tertiary/aromatic N) is 4. The molecule has 1 saturated carbocycles. The molecule has 4 aromatic rings. The van der Waals surface area contributed by atoms with Crippen molar-refractivity contribution in [1.29, 1.82) is 5.26 Å². The predicted octanol–water partition coefficient (Wildman–Crippen LogP) is 6.33. The van der Waals surface area contributed by atoms with Crippen LogP contribution in [0, 0.1) is 18.3 Å². The molecule has 1 aliphatic carbocycles. The number of nitrogens with one attached hydrogen (secondary N) is 2. The Morgan fingerprint density at radius 1 is 1.17 bits per heavy atom. The molecular weight excluding hydrogens is 452 g/mol. The topological polar surface area (TPSA) is 105 Å². The fourth-order valence-electron chi connectivity index (χ4n) is 4.53. The number of amides is 2. The summed E-state index contributed by atoms with van der Waals surface area (Å²) in [5.41, 5.74) is 4.12. The van der Waals surface area contributed by atoms with Crippen molar-refractivity contribution < 1.29 is 9.53 Å². The van der Waals surface area contributed by atoms with E-state index < -0.39 is 0 Å². The van der Waals surface area contributed by atoms with Crippen LogP contribution >= 0.6 is 0 Å². The van der Waals surface area contributed by atoms with Crippen molar-refractivity contribution in [2.75, 3.05) is 5.32 Å². The van der Waals surface area contributed by atoms with Crippen LogP contribution < -0.4 is 15.4 Å². The number of anilines is 1. The van der Waals surface area contributed by atoms with E-state index >= 15 is 0 Å². The van der Waals surface area contributed by atoms with E-state index in [4.69, 9.17) is 4.74 Å². The minimum atomic E-state index is -0.245. The molecule has 1 aliphatic rings. The van der Waals surface area contributed by atoms with Gasteiger partial charge in [-0.1, -0.05) is 12.1 Å². The quantitative estimate of drug-likeness (QED) is 0.336. The van der Waals surface area contributed by atoms with Crippen molar-refractivity contribution in [3.05, 3.63) is 66.1 Å². The van der Waals surface area contributed by atoms with E-state index in [1.54, 1.807) is 12.3 Å². The summed E-state index contributed by atoms with van der Waals surface area (Å²) >= 11 is 0. The number of carbonyl (C=O) groups excluding carboxylic acids is 1. The third-order valence-corrected chi connectivity index (χ3v) is 6.34. The van der Waals surface area contributed by atoms with Crippen molar-refractivity contribution in [3.63, 3.8) is 0 Å². The summed E-state index contributed by atoms with van der Waals surface area (Å²) < 4.78 is 8.31. The van der Waals surface area contributed by atoms with E-state index in [9.17, 15) is 10.1 Å². The molecule has 1 fully saturated rings. The van der Waals surface area contributed by atoms with E-state index in [-0.39, 0.29) is 12.1 Å². The number of benzene rings is 2. The molecule has 0 atom stereocenters. The summed E-state index contributed by atoms with van der Waals surface area (Å²) in [7, 11) is 0. The maximum Gasteiger partial charge on any atom is 0.319 e. The zero-order chi connectivity index (χ0) is 25.2. The summed E-state index contributed by atoms with van der Waals surface area (Å²) in [4.78, 5) is 20.5. The molecular formula is C28H28N6O2. The van der Waals surface area contributed by atoms with Crippen molar-refractivity contribution in [2.45, 2.75) is 52.1 Å². The zero-order valence-electron chi connectivity index (χ0n) is 20.6. The Hall–Kier alpha value is -4.38. The van der Waals surface area contributed by atoms with Crippen LogP contribution in [0.1, 0.15) is 50.5 Å². The first-order chi connectivity index (χ1) is 17.4. The lowest BCUT2D eigenvalue weighted by atomic mass is 9.92. The van der Waals surface area contributed by atoms with Crippen LogP contribution in [0.5, 0.6) is 11.6 Å². The zero-order valence-corrected chi connectivity index (χ0v) is 20.6. The summed E-state index contributed by atoms with van der Waals surface area (Å²) in [5.74, 6) is 1.78. The Bertz CT molecular complexity index is 1460. The SMILES string of the molecule is Cc1nccc(Oc2ccc3c(C#N)c(-c4ccc(NC(=O)NC(C)C)cc4)n(C4CCC4)c3c2)n1. The molecule has 0 spiro atoms. The number of hydrogen-bond donors (Lipinski definition) is 2. The molecule has 0 unspecified atom stereocenters. The predicted molar refractivity (Wildman–Crippen MR) is 139 cm³/mol. The van der Waals surface area contributed by atoms with Gasteiger partial charge in [-0.05, 0) is 69.9 Å². The van der Waals surface area contributed by atoms with Gasteiger partial charge in [0, 0.05) is 41.5 Å². The first-order valence-electron chi connectivity index (χ1n) is 12.2. The van der Waals surface area contributed by atoms with Crippen LogP contribution in [0.3, 0.4) is 0 Å². The third kappa shape index (κ3) is 4.60. The minimum Gasteiger partial charge on any atom is -0.439 e. The van der Waals surface area contributed by atoms with Gasteiger partial charge in [0.2, 0.25) is 5.88 Å². The van der Waals surface area contributed by atoms with Gasteiger partial charge in [-0.3, -0.25) is 0 Å². The Labute approximate surface area is 209 Å². The second-order valence-corrected chi connectivity index (χ2v) is 9.34. The lowest BCUT2D eigenvalue weighted by Gasteiger charge is -2.30. The number of nitriles is 1. The van der Waals surface area contributed by atoms with E-state index in [0.29, 0.717) is 34.7 Å². The molecule has 5 rings (SSSR count). The van der Waals surface area contributed by atoms with E-state index in [0.717, 1.165) is 41.4 Å². The van der Waals surface area contributed by atoms with Gasteiger partial charge in [-0.25, -0.2) is 9.78 Å². The third-order valence-electron chi connectivity index (χ3n) is 6.34. The van der Waals surface area contributed by atoms with Crippen LogP contribution in [0.25, 0.3) is 22.2 Å². The van der Waals surface area contributed by atoms with Gasteiger partial charge in [0.25, 0.3) is 0 Å². The Morgan fingerprint density at radius 3 is 2.58 bits per heavy atom. The largest absolute Gasteiger partial charge is 0.439 e. The molecule has 182 valence electrons. The lowest BCUT2D eigenvalue weighted by molar-refractivity contribution is 0.250. The fourth-order valence-corrected chi connectivity index (χ4v) is 4.53. The Balaban J connectivity index is 1.55. The highest BCUT2D eigenvalue weighted by Gasteiger charge is 2.28. The number of urea groups is 1. The van der Waals surface area contributed by atoms with Crippen LogP contribution in [-0.2, 0) is 0 Å². The number of rotatable bonds is 6. The molecule has 2 heterocycles. The van der Waals surface area contributed by atoms with Crippen LogP contribution in [0.15, 0.2) is 54.7 Å². The summed E-state index contributed by atoms with van der Waals surface area (Å²) in [6.45, 7) is 5.65. The van der Waals surface area contributed by atoms with Crippen molar-refractivity contribution in [3.8, 4) is 29.0 Å². The van der Waals surface area contributed by atoms with Crippen molar-refractivity contribution in [1.82, 2.24) is 19.9 Å². The van der Waals surface area contributed by atoms with Crippen molar-refractivity contribution >= 4 is 22.6 Å². The van der Waals surface area contributed by atoms with Crippen LogP contribution in [0.2, 0.25) is 0 Å². The number of carbonyl (C=O) groups is 1. The summed E-state index contributed by atoms with van der Waals surface area (Å²) in [5, 5.41) is 16.7. The monoisotopic (exact) mass is 480 g/mol. The molecule has 36 heavy (non-hydrogen) atoms. The molecule has 0 aliphatic heterocycles. The lowest BCUT2D eigenvalue weighted by Crippen LogP contribution is -2.34. The molecule has 2 aromatic heterocycles. The minimum absolute atomic E-state index is 0.0490. The molecule has 0 radical (unpaired) electrons. The normalized spacial score (nSPS) is 13.3. The van der Waals surface area contributed by atoms with Gasteiger partial charge in [-0.2, -0.15) is 10.2 Å². The molecule has 0 bridgehead atoms. The average molecular weight is 481 g/mol. The first-order valence-corrected chi connectivity index (χ1v) is 12.2. The highest BCUT2D eigenvalue weighted by molar-refractivity contribution is 5.96. The van der Waals surface area contributed by atoms with Gasteiger partial charge in [0.1, 0.15) is 17.6 Å². The molecule has 2 aromatic carbocycles. The average Bonchev–Trinajstić information content (AvgIpc) is 3.11. The van der Waals surface area contributed by atoms with E-state index in [2.05, 4.69) is 31.2 Å². The highest BCUT2D eigenvalue weighted by atomic mass is 16.5. The number of aromatic nitrogens is 3. The first kappa shape index (κ1) is 23.4. The summed E-state index contributed by atoms with van der Waals surface area (Å²) in [6.07, 6.45) is 4.96. The maximum absolute atomic E-state index is 12.1. The number of fused-ring (bicyclic) bond motifs is 1. The number of aryl methyl sites for hydroxylation is 1. The highest BCUT2D eigenvalue weighted by Crippen LogP contribution is 2.43. The Morgan fingerprint density at radius 2 is 1.94 bits per heavy atom. The molecule has 0 saturated heterocycles. The van der Waals surface area contributed by atoms with Crippen molar-refractivity contribution in [2.24, 2.45) is 0 Å². The van der Waals surface area contributed by atoms with Gasteiger partial charge in [-0.15, -0.1) is 0 Å². The van der Waals surface area contributed by atoms with Crippen LogP contribution in [-0.4, -0.2) is 26.6 Å². The van der Waals surface area contributed by atoms with E-state index in [1.165, 1.54) is 0 Å². The van der Waals surface area contributed by atoms with Gasteiger partial charge in [0.15, 0.2) is 0 Å². The number of ether oxygens (including phenoxy) is 1. The second-order valence-electron chi connectivity index (χ2n) is 9.34. The molecule has 8 nitrogen and oxygen atoms in total. The van der Waals surface area contributed by atoms with Gasteiger partial charge >= 0.3 is 6.03 Å². The van der Waals surface area contributed by atoms with Gasteiger partial charge < -0.3 is 19.9 Å². The molecule has 2 N–H and O–H groups in total.